The maximum Gasteiger partial charge on any atom is 0.277 e. The van der Waals surface area contributed by atoms with Gasteiger partial charge in [0.15, 0.2) is 5.78 Å². The first-order valence-electron chi connectivity index (χ1n) is 10.7. The molecule has 7 nitrogen and oxygen atoms in total. The SMILES string of the molecule is CCc1ccc(C(=O)CSc2nnc(-c3cccc(S(=O)(=O)N4CCCCC4)c3)o2)cc1. The first-order valence-corrected chi connectivity index (χ1v) is 13.1. The minimum absolute atomic E-state index is 0.0213. The Morgan fingerprint density at radius 1 is 1.06 bits per heavy atom. The van der Waals surface area contributed by atoms with Crippen LogP contribution in [0.4, 0.5) is 0 Å². The number of aryl methyl sites for hydroxylation is 1. The third-order valence-electron chi connectivity index (χ3n) is 5.45. The average Bonchev–Trinajstić information content (AvgIpc) is 3.32. The number of Topliss-reactive ketones (excluding diaryl/α,β-unsaturated/α-hetero) is 1. The van der Waals surface area contributed by atoms with Crippen molar-refractivity contribution in [3.8, 4) is 11.5 Å². The molecule has 2 aromatic carbocycles. The predicted molar refractivity (Wildman–Crippen MR) is 123 cm³/mol. The zero-order valence-corrected chi connectivity index (χ0v) is 19.5. The van der Waals surface area contributed by atoms with E-state index in [1.807, 2.05) is 24.3 Å². The van der Waals surface area contributed by atoms with Crippen molar-refractivity contribution in [1.82, 2.24) is 14.5 Å². The predicted octanol–water partition coefficient (Wildman–Crippen LogP) is 4.45. The van der Waals surface area contributed by atoms with E-state index in [1.54, 1.807) is 24.3 Å². The number of hydrogen-bond donors (Lipinski definition) is 0. The van der Waals surface area contributed by atoms with Gasteiger partial charge in [-0.05, 0) is 43.0 Å². The largest absolute Gasteiger partial charge is 0.411 e. The Bertz CT molecular complexity index is 1180. The first-order chi connectivity index (χ1) is 15.5. The van der Waals surface area contributed by atoms with E-state index >= 15 is 0 Å². The molecule has 2 heterocycles. The zero-order chi connectivity index (χ0) is 22.6. The summed E-state index contributed by atoms with van der Waals surface area (Å²) in [5.41, 5.74) is 2.36. The van der Waals surface area contributed by atoms with Gasteiger partial charge in [0.2, 0.25) is 15.9 Å². The summed E-state index contributed by atoms with van der Waals surface area (Å²) in [6.07, 6.45) is 3.74. The number of carbonyl (C=O) groups is 1. The second-order valence-electron chi connectivity index (χ2n) is 7.63. The second-order valence-corrected chi connectivity index (χ2v) is 10.5. The van der Waals surface area contributed by atoms with Crippen LogP contribution in [0, 0.1) is 0 Å². The molecule has 9 heteroatoms. The van der Waals surface area contributed by atoms with Crippen molar-refractivity contribution in [2.24, 2.45) is 0 Å². The first kappa shape index (κ1) is 22.7. The third-order valence-corrected chi connectivity index (χ3v) is 8.16. The molecule has 0 aliphatic carbocycles. The summed E-state index contributed by atoms with van der Waals surface area (Å²) in [5, 5.41) is 8.31. The lowest BCUT2D eigenvalue weighted by Gasteiger charge is -2.25. The summed E-state index contributed by atoms with van der Waals surface area (Å²) in [6, 6.07) is 14.1. The summed E-state index contributed by atoms with van der Waals surface area (Å²) in [6.45, 7) is 3.16. The van der Waals surface area contributed by atoms with Crippen LogP contribution in [0.1, 0.15) is 42.1 Å². The number of carbonyl (C=O) groups excluding carboxylic acids is 1. The zero-order valence-electron chi connectivity index (χ0n) is 17.9. The summed E-state index contributed by atoms with van der Waals surface area (Å²) in [4.78, 5) is 12.6. The van der Waals surface area contributed by atoms with Gasteiger partial charge in [-0.25, -0.2) is 8.42 Å². The van der Waals surface area contributed by atoms with Gasteiger partial charge in [-0.2, -0.15) is 4.31 Å². The summed E-state index contributed by atoms with van der Waals surface area (Å²) in [7, 11) is -3.55. The van der Waals surface area contributed by atoms with Gasteiger partial charge < -0.3 is 4.42 Å². The Hall–Kier alpha value is -2.49. The number of piperidine rings is 1. The molecule has 1 aliphatic rings. The smallest absolute Gasteiger partial charge is 0.277 e. The molecule has 0 radical (unpaired) electrons. The number of ketones is 1. The molecule has 0 spiro atoms. The van der Waals surface area contributed by atoms with Crippen LogP contribution in [-0.2, 0) is 16.4 Å². The molecule has 0 unspecified atom stereocenters. The highest BCUT2D eigenvalue weighted by Gasteiger charge is 2.26. The van der Waals surface area contributed by atoms with E-state index in [0.29, 0.717) is 24.2 Å². The van der Waals surface area contributed by atoms with Gasteiger partial charge in [-0.3, -0.25) is 4.79 Å². The van der Waals surface area contributed by atoms with Gasteiger partial charge in [-0.1, -0.05) is 55.4 Å². The molecular weight excluding hydrogens is 446 g/mol. The molecule has 4 rings (SSSR count). The van der Waals surface area contributed by atoms with Gasteiger partial charge in [0.05, 0.1) is 10.6 Å². The van der Waals surface area contributed by atoms with E-state index in [2.05, 4.69) is 17.1 Å². The lowest BCUT2D eigenvalue weighted by molar-refractivity contribution is 0.102. The van der Waals surface area contributed by atoms with Crippen molar-refractivity contribution in [2.75, 3.05) is 18.8 Å². The molecule has 1 fully saturated rings. The molecular formula is C23H25N3O4S2. The fourth-order valence-corrected chi connectivity index (χ4v) is 5.79. The Morgan fingerprint density at radius 2 is 1.81 bits per heavy atom. The van der Waals surface area contributed by atoms with E-state index in [1.165, 1.54) is 9.87 Å². The van der Waals surface area contributed by atoms with Crippen molar-refractivity contribution < 1.29 is 17.6 Å². The molecule has 0 saturated carbocycles. The molecule has 0 bridgehead atoms. The Morgan fingerprint density at radius 3 is 2.53 bits per heavy atom. The van der Waals surface area contributed by atoms with Crippen LogP contribution < -0.4 is 0 Å². The highest BCUT2D eigenvalue weighted by molar-refractivity contribution is 7.99. The van der Waals surface area contributed by atoms with Crippen molar-refractivity contribution >= 4 is 27.6 Å². The third kappa shape index (κ3) is 5.11. The monoisotopic (exact) mass is 471 g/mol. The van der Waals surface area contributed by atoms with Gasteiger partial charge in [-0.15, -0.1) is 10.2 Å². The summed E-state index contributed by atoms with van der Waals surface area (Å²) in [5.74, 6) is 0.381. The average molecular weight is 472 g/mol. The molecule has 1 aromatic heterocycles. The van der Waals surface area contributed by atoms with Crippen molar-refractivity contribution in [1.29, 1.82) is 0 Å². The number of rotatable bonds is 8. The molecule has 1 aliphatic heterocycles. The quantitative estimate of drug-likeness (QED) is 0.354. The number of aromatic nitrogens is 2. The van der Waals surface area contributed by atoms with E-state index in [4.69, 9.17) is 4.42 Å². The fourth-order valence-electron chi connectivity index (χ4n) is 3.57. The molecule has 3 aromatic rings. The Kier molecular flexibility index (Phi) is 7.07. The Balaban J connectivity index is 1.44. The van der Waals surface area contributed by atoms with Crippen molar-refractivity contribution in [3.63, 3.8) is 0 Å². The van der Waals surface area contributed by atoms with Gasteiger partial charge in [0.25, 0.3) is 5.22 Å². The minimum Gasteiger partial charge on any atom is -0.411 e. The fraction of sp³-hybridized carbons (Fsp3) is 0.348. The van der Waals surface area contributed by atoms with E-state index in [-0.39, 0.29) is 27.5 Å². The van der Waals surface area contributed by atoms with E-state index in [0.717, 1.165) is 37.4 Å². The summed E-state index contributed by atoms with van der Waals surface area (Å²) >= 11 is 1.16. The number of sulfonamides is 1. The van der Waals surface area contributed by atoms with Crippen LogP contribution in [0.15, 0.2) is 63.1 Å². The van der Waals surface area contributed by atoms with Gasteiger partial charge in [0, 0.05) is 24.2 Å². The van der Waals surface area contributed by atoms with Crippen LogP contribution in [0.5, 0.6) is 0 Å². The molecule has 0 amide bonds. The van der Waals surface area contributed by atoms with Crippen molar-refractivity contribution in [3.05, 3.63) is 59.7 Å². The molecule has 0 atom stereocenters. The molecule has 168 valence electrons. The van der Waals surface area contributed by atoms with Crippen LogP contribution in [0.3, 0.4) is 0 Å². The number of nitrogens with zero attached hydrogens (tertiary/aromatic N) is 3. The standard InChI is InChI=1S/C23H25N3O4S2/c1-2-17-9-11-18(12-10-17)21(27)16-31-23-25-24-22(30-23)19-7-6-8-20(15-19)32(28,29)26-13-4-3-5-14-26/h6-12,15H,2-5,13-14,16H2,1H3. The van der Waals surface area contributed by atoms with Gasteiger partial charge >= 0.3 is 0 Å². The lowest BCUT2D eigenvalue weighted by atomic mass is 10.1. The Labute approximate surface area is 192 Å². The maximum absolute atomic E-state index is 12.9. The highest BCUT2D eigenvalue weighted by atomic mass is 32.2. The summed E-state index contributed by atoms with van der Waals surface area (Å²) < 4.78 is 33.1. The minimum atomic E-state index is -3.55. The lowest BCUT2D eigenvalue weighted by Crippen LogP contribution is -2.35. The normalized spacial score (nSPS) is 15.0. The second kappa shape index (κ2) is 9.97. The van der Waals surface area contributed by atoms with Crippen LogP contribution in [0.2, 0.25) is 0 Å². The number of thioether (sulfide) groups is 1. The molecule has 32 heavy (non-hydrogen) atoms. The number of benzene rings is 2. The van der Waals surface area contributed by atoms with Crippen LogP contribution in [-0.4, -0.2) is 47.5 Å². The van der Waals surface area contributed by atoms with Crippen LogP contribution in [0.25, 0.3) is 11.5 Å². The maximum atomic E-state index is 12.9. The van der Waals surface area contributed by atoms with E-state index in [9.17, 15) is 13.2 Å². The number of hydrogen-bond acceptors (Lipinski definition) is 7. The highest BCUT2D eigenvalue weighted by Crippen LogP contribution is 2.27. The molecule has 0 N–H and O–H groups in total. The molecule has 1 saturated heterocycles. The van der Waals surface area contributed by atoms with Gasteiger partial charge in [0.1, 0.15) is 0 Å². The van der Waals surface area contributed by atoms with E-state index < -0.39 is 10.0 Å². The topological polar surface area (TPSA) is 93.4 Å². The van der Waals surface area contributed by atoms with Crippen molar-refractivity contribution in [2.45, 2.75) is 42.7 Å². The van der Waals surface area contributed by atoms with Crippen LogP contribution >= 0.6 is 11.8 Å².